The number of fused-ring (bicyclic) bond motifs is 1. The molecule has 0 aromatic heterocycles. The molecule has 148 valence electrons. The fourth-order valence-electron chi connectivity index (χ4n) is 4.72. The monoisotopic (exact) mass is 372 g/mol. The minimum Gasteiger partial charge on any atom is -0.448 e. The van der Waals surface area contributed by atoms with E-state index in [0.29, 0.717) is 12.6 Å². The Morgan fingerprint density at radius 2 is 1.70 bits per heavy atom. The first-order valence-corrected chi connectivity index (χ1v) is 10.7. The lowest BCUT2D eigenvalue weighted by atomic mass is 9.94. The molecule has 0 radical (unpaired) electrons. The minimum atomic E-state index is -0.469. The van der Waals surface area contributed by atoms with Gasteiger partial charge in [-0.2, -0.15) is 0 Å². The molecular formula is C22H32N2O3. The fraction of sp³-hybridized carbons (Fsp3) is 0.682. The van der Waals surface area contributed by atoms with Gasteiger partial charge in [-0.25, -0.2) is 0 Å². The van der Waals surface area contributed by atoms with Crippen molar-refractivity contribution in [2.75, 3.05) is 18.9 Å². The third kappa shape index (κ3) is 4.40. The van der Waals surface area contributed by atoms with E-state index in [-0.39, 0.29) is 5.91 Å². The van der Waals surface area contributed by atoms with Gasteiger partial charge < -0.3 is 14.8 Å². The van der Waals surface area contributed by atoms with Crippen LogP contribution in [0.5, 0.6) is 11.5 Å². The highest BCUT2D eigenvalue weighted by Gasteiger charge is 2.42. The molecule has 0 unspecified atom stereocenters. The van der Waals surface area contributed by atoms with Crippen molar-refractivity contribution in [1.29, 1.82) is 0 Å². The number of anilines is 1. The van der Waals surface area contributed by atoms with Gasteiger partial charge >= 0.3 is 0 Å². The van der Waals surface area contributed by atoms with Crippen LogP contribution in [0.15, 0.2) is 18.2 Å². The molecule has 1 aliphatic heterocycles. The van der Waals surface area contributed by atoms with Crippen molar-refractivity contribution >= 4 is 11.6 Å². The maximum atomic E-state index is 12.5. The van der Waals surface area contributed by atoms with E-state index in [4.69, 9.17) is 9.47 Å². The highest BCUT2D eigenvalue weighted by molar-refractivity contribution is 5.92. The highest BCUT2D eigenvalue weighted by Crippen LogP contribution is 2.46. The molecule has 1 spiro atoms. The summed E-state index contributed by atoms with van der Waals surface area (Å²) in [5, 5.41) is 3.03. The molecule has 1 aromatic carbocycles. The average Bonchev–Trinajstić information content (AvgIpc) is 2.83. The van der Waals surface area contributed by atoms with Crippen molar-refractivity contribution in [3.05, 3.63) is 18.2 Å². The molecule has 0 atom stereocenters. The van der Waals surface area contributed by atoms with Crippen LogP contribution in [0.1, 0.15) is 70.6 Å². The van der Waals surface area contributed by atoms with E-state index in [1.165, 1.54) is 44.9 Å². The number of hydrogen-bond donors (Lipinski definition) is 1. The standard InChI is InChI=1S/C22H32N2O3/c1-24(18-9-5-2-3-6-10-18)16-21(25)23-17-11-12-19-20(15-17)27-22(26-19)13-7-4-8-14-22/h11-12,15,18H,2-10,13-14,16H2,1H3,(H,23,25). The van der Waals surface area contributed by atoms with Gasteiger partial charge in [0.05, 0.1) is 6.54 Å². The van der Waals surface area contributed by atoms with E-state index in [0.717, 1.165) is 42.9 Å². The summed E-state index contributed by atoms with van der Waals surface area (Å²) >= 11 is 0. The Morgan fingerprint density at radius 3 is 2.44 bits per heavy atom. The van der Waals surface area contributed by atoms with Crippen LogP contribution in [0, 0.1) is 0 Å². The summed E-state index contributed by atoms with van der Waals surface area (Å²) in [6, 6.07) is 6.26. The highest BCUT2D eigenvalue weighted by atomic mass is 16.7. The number of carbonyl (C=O) groups is 1. The van der Waals surface area contributed by atoms with Crippen LogP contribution in [-0.2, 0) is 4.79 Å². The Labute approximate surface area is 162 Å². The topological polar surface area (TPSA) is 50.8 Å². The lowest BCUT2D eigenvalue weighted by Gasteiger charge is -2.31. The molecule has 1 N–H and O–H groups in total. The van der Waals surface area contributed by atoms with Gasteiger partial charge in [0.25, 0.3) is 5.79 Å². The quantitative estimate of drug-likeness (QED) is 0.778. The largest absolute Gasteiger partial charge is 0.448 e. The molecule has 3 aliphatic rings. The molecule has 1 aromatic rings. The van der Waals surface area contributed by atoms with Crippen LogP contribution in [-0.4, -0.2) is 36.2 Å². The maximum Gasteiger partial charge on any atom is 0.251 e. The van der Waals surface area contributed by atoms with Crippen LogP contribution in [0.3, 0.4) is 0 Å². The third-order valence-corrected chi connectivity index (χ3v) is 6.28. The molecule has 2 fully saturated rings. The van der Waals surface area contributed by atoms with Gasteiger partial charge in [0.1, 0.15) is 0 Å². The van der Waals surface area contributed by atoms with Crippen molar-refractivity contribution in [3.8, 4) is 11.5 Å². The van der Waals surface area contributed by atoms with Crippen LogP contribution < -0.4 is 14.8 Å². The van der Waals surface area contributed by atoms with E-state index in [1.54, 1.807) is 0 Å². The number of nitrogens with one attached hydrogen (secondary N) is 1. The Morgan fingerprint density at radius 1 is 1.04 bits per heavy atom. The zero-order chi connectivity index (χ0) is 18.7. The zero-order valence-electron chi connectivity index (χ0n) is 16.5. The second-order valence-corrected chi connectivity index (χ2v) is 8.45. The summed E-state index contributed by atoms with van der Waals surface area (Å²) in [6.07, 6.45) is 13.0. The van der Waals surface area contributed by atoms with E-state index in [2.05, 4.69) is 17.3 Å². The molecule has 1 amide bonds. The number of benzene rings is 1. The summed E-state index contributed by atoms with van der Waals surface area (Å²) in [5.41, 5.74) is 0.782. The number of carbonyl (C=O) groups excluding carboxylic acids is 1. The second kappa shape index (κ2) is 8.09. The smallest absolute Gasteiger partial charge is 0.251 e. The van der Waals surface area contributed by atoms with Crippen molar-refractivity contribution in [3.63, 3.8) is 0 Å². The van der Waals surface area contributed by atoms with Crippen molar-refractivity contribution in [1.82, 2.24) is 4.90 Å². The van der Waals surface area contributed by atoms with Crippen molar-refractivity contribution in [2.24, 2.45) is 0 Å². The molecule has 2 saturated carbocycles. The number of likely N-dealkylation sites (N-methyl/N-ethyl adjacent to an activating group) is 1. The van der Waals surface area contributed by atoms with Gasteiger partial charge in [-0.3, -0.25) is 9.69 Å². The lowest BCUT2D eigenvalue weighted by molar-refractivity contribution is -0.117. The Hall–Kier alpha value is -1.75. The first-order valence-electron chi connectivity index (χ1n) is 10.7. The Kier molecular flexibility index (Phi) is 5.58. The Bertz CT molecular complexity index is 662. The summed E-state index contributed by atoms with van der Waals surface area (Å²) in [5.74, 6) is 1.12. The molecule has 0 saturated heterocycles. The van der Waals surface area contributed by atoms with Crippen LogP contribution in [0.4, 0.5) is 5.69 Å². The summed E-state index contributed by atoms with van der Waals surface area (Å²) in [4.78, 5) is 14.7. The van der Waals surface area contributed by atoms with Crippen molar-refractivity contribution in [2.45, 2.75) is 82.5 Å². The molecule has 2 aliphatic carbocycles. The average molecular weight is 373 g/mol. The predicted molar refractivity (Wildman–Crippen MR) is 106 cm³/mol. The van der Waals surface area contributed by atoms with Crippen molar-refractivity contribution < 1.29 is 14.3 Å². The molecule has 4 rings (SSSR count). The first kappa shape index (κ1) is 18.6. The van der Waals surface area contributed by atoms with Gasteiger partial charge in [-0.15, -0.1) is 0 Å². The minimum absolute atomic E-state index is 0.0352. The number of rotatable bonds is 4. The Balaban J connectivity index is 1.34. The number of ether oxygens (including phenoxy) is 2. The maximum absolute atomic E-state index is 12.5. The van der Waals surface area contributed by atoms with E-state index < -0.39 is 5.79 Å². The van der Waals surface area contributed by atoms with Crippen LogP contribution in [0.25, 0.3) is 0 Å². The van der Waals surface area contributed by atoms with Gasteiger partial charge in [-0.05, 0) is 44.9 Å². The number of amides is 1. The lowest BCUT2D eigenvalue weighted by Crippen LogP contribution is -2.40. The molecule has 5 nitrogen and oxygen atoms in total. The second-order valence-electron chi connectivity index (χ2n) is 8.45. The SMILES string of the molecule is CN(CC(=O)Nc1ccc2c(c1)OC1(CCCCC1)O2)C1CCCCCC1. The van der Waals surface area contributed by atoms with E-state index >= 15 is 0 Å². The summed E-state index contributed by atoms with van der Waals surface area (Å²) in [7, 11) is 2.07. The fourth-order valence-corrected chi connectivity index (χ4v) is 4.72. The van der Waals surface area contributed by atoms with Gasteiger partial charge in [0, 0.05) is 30.6 Å². The third-order valence-electron chi connectivity index (χ3n) is 6.28. The normalized spacial score (nSPS) is 22.0. The first-order chi connectivity index (χ1) is 13.1. The predicted octanol–water partition coefficient (Wildman–Crippen LogP) is 4.71. The van der Waals surface area contributed by atoms with Gasteiger partial charge in [0.2, 0.25) is 5.91 Å². The molecular weight excluding hydrogens is 340 g/mol. The summed E-state index contributed by atoms with van der Waals surface area (Å²) in [6.45, 7) is 0.434. The molecule has 27 heavy (non-hydrogen) atoms. The molecule has 0 bridgehead atoms. The van der Waals surface area contributed by atoms with E-state index in [1.807, 2.05) is 18.2 Å². The molecule has 1 heterocycles. The number of nitrogens with zero attached hydrogens (tertiary/aromatic N) is 1. The molecule has 5 heteroatoms. The van der Waals surface area contributed by atoms with Gasteiger partial charge in [0.15, 0.2) is 11.5 Å². The number of hydrogen-bond acceptors (Lipinski definition) is 4. The van der Waals surface area contributed by atoms with E-state index in [9.17, 15) is 4.79 Å². The van der Waals surface area contributed by atoms with Crippen LogP contribution in [0.2, 0.25) is 0 Å². The van der Waals surface area contributed by atoms with Gasteiger partial charge in [-0.1, -0.05) is 32.1 Å². The summed E-state index contributed by atoms with van der Waals surface area (Å²) < 4.78 is 12.3. The zero-order valence-corrected chi connectivity index (χ0v) is 16.5. The van der Waals surface area contributed by atoms with Crippen LogP contribution >= 0.6 is 0 Å².